The predicted molar refractivity (Wildman–Crippen MR) is 138 cm³/mol. The van der Waals surface area contributed by atoms with Gasteiger partial charge in [0.05, 0.1) is 11.6 Å². The summed E-state index contributed by atoms with van der Waals surface area (Å²) in [5.74, 6) is 1.06. The smallest absolute Gasteiger partial charge is 0.196 e. The molecule has 0 N–H and O–H groups in total. The van der Waals surface area contributed by atoms with Crippen LogP contribution >= 0.6 is 0 Å². The number of rotatable bonds is 8. The number of ether oxygens (including phenoxy) is 1. The first-order valence-corrected chi connectivity index (χ1v) is 12.6. The minimum Gasteiger partial charge on any atom is -0.486 e. The minimum absolute atomic E-state index is 0.0596. The second kappa shape index (κ2) is 10.7. The van der Waals surface area contributed by atoms with Gasteiger partial charge in [-0.05, 0) is 61.3 Å². The summed E-state index contributed by atoms with van der Waals surface area (Å²) in [5, 5.41) is 0.649. The molecule has 1 atom stereocenters. The Morgan fingerprint density at radius 2 is 1.62 bits per heavy atom. The van der Waals surface area contributed by atoms with Gasteiger partial charge in [0.15, 0.2) is 5.43 Å². The third-order valence-corrected chi connectivity index (χ3v) is 7.04. The van der Waals surface area contributed by atoms with Gasteiger partial charge in [-0.3, -0.25) is 4.79 Å². The van der Waals surface area contributed by atoms with Crippen LogP contribution in [0.3, 0.4) is 0 Å². The second-order valence-corrected chi connectivity index (χ2v) is 9.41. The number of aryl methyl sites for hydroxylation is 1. The molecule has 1 heterocycles. The van der Waals surface area contributed by atoms with Crippen LogP contribution in [0.15, 0.2) is 94.3 Å². The average molecular weight is 453 g/mol. The molecule has 1 unspecified atom stereocenters. The Morgan fingerprint density at radius 3 is 2.38 bits per heavy atom. The lowest BCUT2D eigenvalue weighted by molar-refractivity contribution is 0.192. The van der Waals surface area contributed by atoms with Crippen LogP contribution in [0.25, 0.3) is 11.0 Å². The van der Waals surface area contributed by atoms with Gasteiger partial charge in [0, 0.05) is 11.6 Å². The molecule has 4 aromatic rings. The molecule has 3 nitrogen and oxygen atoms in total. The van der Waals surface area contributed by atoms with Crippen LogP contribution in [0.1, 0.15) is 73.7 Å². The van der Waals surface area contributed by atoms with Crippen LogP contribution in [0.5, 0.6) is 5.75 Å². The summed E-state index contributed by atoms with van der Waals surface area (Å²) in [6.07, 6.45) is 10.4. The zero-order valence-corrected chi connectivity index (χ0v) is 19.6. The van der Waals surface area contributed by atoms with E-state index in [1.54, 1.807) is 6.26 Å². The van der Waals surface area contributed by atoms with E-state index in [0.717, 1.165) is 49.0 Å². The van der Waals surface area contributed by atoms with Crippen molar-refractivity contribution in [1.82, 2.24) is 0 Å². The van der Waals surface area contributed by atoms with Crippen molar-refractivity contribution in [2.24, 2.45) is 0 Å². The van der Waals surface area contributed by atoms with Gasteiger partial charge in [0.2, 0.25) is 0 Å². The van der Waals surface area contributed by atoms with Gasteiger partial charge in [-0.15, -0.1) is 0 Å². The zero-order chi connectivity index (χ0) is 23.2. The minimum atomic E-state index is -0.0596. The van der Waals surface area contributed by atoms with E-state index in [4.69, 9.17) is 9.15 Å². The van der Waals surface area contributed by atoms with Gasteiger partial charge >= 0.3 is 0 Å². The SMILES string of the molecule is O=c1c(C2CCCCC2)coc2cc(OC(CCCc3ccccc3)c3ccccc3)ccc12. The highest BCUT2D eigenvalue weighted by Gasteiger charge is 2.21. The highest BCUT2D eigenvalue weighted by Crippen LogP contribution is 2.33. The summed E-state index contributed by atoms with van der Waals surface area (Å²) >= 11 is 0. The second-order valence-electron chi connectivity index (χ2n) is 9.41. The first-order valence-electron chi connectivity index (χ1n) is 12.6. The molecule has 0 saturated heterocycles. The summed E-state index contributed by atoms with van der Waals surface area (Å²) in [5.41, 5.74) is 4.05. The molecule has 0 amide bonds. The quantitative estimate of drug-likeness (QED) is 0.272. The molecule has 0 spiro atoms. The largest absolute Gasteiger partial charge is 0.486 e. The van der Waals surface area contributed by atoms with Crippen molar-refractivity contribution in [2.45, 2.75) is 63.4 Å². The van der Waals surface area contributed by atoms with Gasteiger partial charge in [-0.25, -0.2) is 0 Å². The van der Waals surface area contributed by atoms with E-state index < -0.39 is 0 Å². The van der Waals surface area contributed by atoms with Gasteiger partial charge in [0.25, 0.3) is 0 Å². The number of hydrogen-bond acceptors (Lipinski definition) is 3. The maximum atomic E-state index is 13.2. The molecule has 1 fully saturated rings. The molecular weight excluding hydrogens is 420 g/mol. The molecule has 0 radical (unpaired) electrons. The fourth-order valence-corrected chi connectivity index (χ4v) is 5.15. The number of hydrogen-bond donors (Lipinski definition) is 0. The van der Waals surface area contributed by atoms with Crippen molar-refractivity contribution in [2.75, 3.05) is 0 Å². The summed E-state index contributed by atoms with van der Waals surface area (Å²) < 4.78 is 12.4. The average Bonchev–Trinajstić information content (AvgIpc) is 2.90. The van der Waals surface area contributed by atoms with Crippen molar-refractivity contribution >= 4 is 11.0 Å². The van der Waals surface area contributed by atoms with Gasteiger partial charge in [-0.1, -0.05) is 79.9 Å². The molecule has 5 rings (SSSR count). The molecule has 1 aliphatic carbocycles. The Hall–Kier alpha value is -3.33. The van der Waals surface area contributed by atoms with Crippen molar-refractivity contribution in [3.05, 3.63) is 112 Å². The van der Waals surface area contributed by atoms with Crippen molar-refractivity contribution < 1.29 is 9.15 Å². The Labute approximate surface area is 201 Å². The van der Waals surface area contributed by atoms with E-state index in [-0.39, 0.29) is 11.5 Å². The van der Waals surface area contributed by atoms with Crippen LogP contribution in [0, 0.1) is 0 Å². The van der Waals surface area contributed by atoms with Crippen molar-refractivity contribution in [3.8, 4) is 5.75 Å². The zero-order valence-electron chi connectivity index (χ0n) is 19.6. The van der Waals surface area contributed by atoms with Crippen LogP contribution in [-0.2, 0) is 6.42 Å². The molecule has 0 bridgehead atoms. The van der Waals surface area contributed by atoms with Gasteiger partial charge in [0.1, 0.15) is 17.4 Å². The first kappa shape index (κ1) is 22.5. The number of fused-ring (bicyclic) bond motifs is 1. The van der Waals surface area contributed by atoms with E-state index in [9.17, 15) is 4.79 Å². The summed E-state index contributed by atoms with van der Waals surface area (Å²) in [7, 11) is 0. The fraction of sp³-hybridized carbons (Fsp3) is 0.323. The molecule has 34 heavy (non-hydrogen) atoms. The Bertz CT molecular complexity index is 1250. The molecule has 1 saturated carbocycles. The van der Waals surface area contributed by atoms with E-state index in [1.807, 2.05) is 24.3 Å². The molecule has 3 heteroatoms. The Kier molecular flexibility index (Phi) is 7.09. The van der Waals surface area contributed by atoms with E-state index in [2.05, 4.69) is 54.6 Å². The molecule has 1 aromatic heterocycles. The molecule has 3 aromatic carbocycles. The van der Waals surface area contributed by atoms with Gasteiger partial charge in [-0.2, -0.15) is 0 Å². The molecule has 1 aliphatic rings. The normalized spacial score (nSPS) is 15.3. The Morgan fingerprint density at radius 1 is 0.882 bits per heavy atom. The lowest BCUT2D eigenvalue weighted by atomic mass is 9.84. The lowest BCUT2D eigenvalue weighted by Gasteiger charge is -2.21. The van der Waals surface area contributed by atoms with E-state index >= 15 is 0 Å². The standard InChI is InChI=1S/C31H32O3/c32-31-27-20-19-26(21-30(27)33-22-28(31)24-14-6-2-7-15-24)34-29(25-16-8-3-9-17-25)18-10-13-23-11-4-1-5-12-23/h1,3-5,8-9,11-12,16-17,19-22,24,29H,2,6-7,10,13-15,18H2. The molecular formula is C31H32O3. The highest BCUT2D eigenvalue weighted by atomic mass is 16.5. The lowest BCUT2D eigenvalue weighted by Crippen LogP contribution is -2.16. The van der Waals surface area contributed by atoms with Crippen LogP contribution in [-0.4, -0.2) is 0 Å². The van der Waals surface area contributed by atoms with Gasteiger partial charge < -0.3 is 9.15 Å². The highest BCUT2D eigenvalue weighted by molar-refractivity contribution is 5.78. The summed E-state index contributed by atoms with van der Waals surface area (Å²) in [6, 6.07) is 26.6. The third-order valence-electron chi connectivity index (χ3n) is 7.04. The topological polar surface area (TPSA) is 39.4 Å². The number of benzene rings is 3. The Balaban J connectivity index is 1.35. The predicted octanol–water partition coefficient (Wildman–Crippen LogP) is 7.98. The molecule has 174 valence electrons. The molecule has 0 aliphatic heterocycles. The first-order chi connectivity index (χ1) is 16.8. The summed E-state index contributed by atoms with van der Waals surface area (Å²) in [6.45, 7) is 0. The third kappa shape index (κ3) is 5.25. The van der Waals surface area contributed by atoms with Crippen molar-refractivity contribution in [3.63, 3.8) is 0 Å². The fourth-order valence-electron chi connectivity index (χ4n) is 5.15. The monoisotopic (exact) mass is 452 g/mol. The van der Waals surface area contributed by atoms with Crippen LogP contribution in [0.4, 0.5) is 0 Å². The van der Waals surface area contributed by atoms with E-state index in [0.29, 0.717) is 16.9 Å². The maximum Gasteiger partial charge on any atom is 0.196 e. The van der Waals surface area contributed by atoms with Crippen LogP contribution < -0.4 is 10.2 Å². The summed E-state index contributed by atoms with van der Waals surface area (Å²) in [4.78, 5) is 13.2. The van der Waals surface area contributed by atoms with E-state index in [1.165, 1.54) is 24.8 Å². The van der Waals surface area contributed by atoms with Crippen LogP contribution in [0.2, 0.25) is 0 Å². The van der Waals surface area contributed by atoms with Crippen molar-refractivity contribution in [1.29, 1.82) is 0 Å². The maximum absolute atomic E-state index is 13.2.